The minimum Gasteiger partial charge on any atom is -0.467 e. The summed E-state index contributed by atoms with van der Waals surface area (Å²) in [6, 6.07) is 16.8. The van der Waals surface area contributed by atoms with E-state index < -0.39 is 40.9 Å². The molecule has 3 amide bonds. The number of nitrogens with two attached hydrogens (primary N) is 1. The van der Waals surface area contributed by atoms with Crippen LogP contribution in [0, 0.1) is 0 Å². The SMILES string of the molecule is COC(=O)C1CCCN1C(=O)C(C)(c1ccccc1)n1cnc(NC(=O)C(COCc2ccccc2)NC(=O)C(C)(C)N)c1. The number of imidazole rings is 1. The molecular formula is C32H40N6O6. The number of nitrogens with zero attached hydrogens (tertiary/aromatic N) is 3. The highest BCUT2D eigenvalue weighted by Gasteiger charge is 2.46. The Morgan fingerprint density at radius 3 is 2.34 bits per heavy atom. The molecule has 1 fully saturated rings. The third-order valence-electron chi connectivity index (χ3n) is 7.69. The molecular weight excluding hydrogens is 564 g/mol. The van der Waals surface area contributed by atoms with Crippen molar-refractivity contribution in [2.45, 2.75) is 63.4 Å². The second-order valence-corrected chi connectivity index (χ2v) is 11.5. The van der Waals surface area contributed by atoms with Crippen molar-refractivity contribution in [1.29, 1.82) is 0 Å². The number of esters is 1. The predicted molar refractivity (Wildman–Crippen MR) is 163 cm³/mol. The Balaban J connectivity index is 1.57. The molecule has 0 radical (unpaired) electrons. The summed E-state index contributed by atoms with van der Waals surface area (Å²) in [6.07, 6.45) is 4.17. The van der Waals surface area contributed by atoms with Crippen molar-refractivity contribution in [1.82, 2.24) is 19.8 Å². The molecule has 1 aliphatic rings. The predicted octanol–water partition coefficient (Wildman–Crippen LogP) is 2.19. The van der Waals surface area contributed by atoms with Gasteiger partial charge in [0.25, 0.3) is 11.8 Å². The summed E-state index contributed by atoms with van der Waals surface area (Å²) in [5, 5.41) is 5.39. The quantitative estimate of drug-likeness (QED) is 0.266. The summed E-state index contributed by atoms with van der Waals surface area (Å²) in [5.41, 5.74) is 5.01. The Bertz CT molecular complexity index is 1450. The van der Waals surface area contributed by atoms with Gasteiger partial charge in [0.15, 0.2) is 5.82 Å². The largest absolute Gasteiger partial charge is 0.467 e. The average Bonchev–Trinajstić information content (AvgIpc) is 3.70. The number of amides is 3. The number of aromatic nitrogens is 2. The monoisotopic (exact) mass is 604 g/mol. The van der Waals surface area contributed by atoms with Crippen LogP contribution in [0.15, 0.2) is 73.2 Å². The first-order chi connectivity index (χ1) is 20.9. The molecule has 44 heavy (non-hydrogen) atoms. The maximum absolute atomic E-state index is 14.2. The molecule has 1 saturated heterocycles. The number of ether oxygens (including phenoxy) is 2. The second-order valence-electron chi connectivity index (χ2n) is 11.5. The third-order valence-corrected chi connectivity index (χ3v) is 7.69. The van der Waals surface area contributed by atoms with E-state index in [1.807, 2.05) is 60.7 Å². The molecule has 12 heteroatoms. The first-order valence-electron chi connectivity index (χ1n) is 14.5. The molecule has 12 nitrogen and oxygen atoms in total. The maximum Gasteiger partial charge on any atom is 0.328 e. The highest BCUT2D eigenvalue weighted by molar-refractivity contribution is 5.98. The minimum absolute atomic E-state index is 0.118. The maximum atomic E-state index is 14.2. The molecule has 2 heterocycles. The number of rotatable bonds is 12. The summed E-state index contributed by atoms with van der Waals surface area (Å²) in [7, 11) is 1.31. The van der Waals surface area contributed by atoms with Gasteiger partial charge in [0.1, 0.15) is 17.6 Å². The van der Waals surface area contributed by atoms with Gasteiger partial charge in [-0.1, -0.05) is 60.7 Å². The molecule has 0 spiro atoms. The Morgan fingerprint density at radius 1 is 1.05 bits per heavy atom. The molecule has 234 valence electrons. The van der Waals surface area contributed by atoms with E-state index >= 15 is 0 Å². The summed E-state index contributed by atoms with van der Waals surface area (Å²) < 4.78 is 12.3. The summed E-state index contributed by atoms with van der Waals surface area (Å²) in [4.78, 5) is 58.7. The van der Waals surface area contributed by atoms with Gasteiger partial charge in [-0.15, -0.1) is 0 Å². The average molecular weight is 605 g/mol. The fourth-order valence-electron chi connectivity index (χ4n) is 5.06. The Labute approximate surface area is 256 Å². The number of carbonyl (C=O) groups excluding carboxylic acids is 4. The van der Waals surface area contributed by atoms with Crippen LogP contribution >= 0.6 is 0 Å². The summed E-state index contributed by atoms with van der Waals surface area (Å²) >= 11 is 0. The zero-order valence-corrected chi connectivity index (χ0v) is 25.5. The van der Waals surface area contributed by atoms with E-state index in [1.165, 1.54) is 27.3 Å². The van der Waals surface area contributed by atoms with Crippen LogP contribution in [-0.2, 0) is 40.8 Å². The zero-order chi connectivity index (χ0) is 31.9. The van der Waals surface area contributed by atoms with Crippen LogP contribution < -0.4 is 16.4 Å². The topological polar surface area (TPSA) is 158 Å². The lowest BCUT2D eigenvalue weighted by atomic mass is 9.89. The van der Waals surface area contributed by atoms with Crippen molar-refractivity contribution in [3.63, 3.8) is 0 Å². The highest BCUT2D eigenvalue weighted by atomic mass is 16.5. The van der Waals surface area contributed by atoms with E-state index in [1.54, 1.807) is 22.6 Å². The molecule has 0 saturated carbocycles. The molecule has 2 aromatic carbocycles. The number of carbonyl (C=O) groups is 4. The molecule has 1 aliphatic heterocycles. The van der Waals surface area contributed by atoms with E-state index in [2.05, 4.69) is 15.6 Å². The molecule has 4 rings (SSSR count). The van der Waals surface area contributed by atoms with E-state index in [0.717, 1.165) is 5.56 Å². The van der Waals surface area contributed by atoms with E-state index in [-0.39, 0.29) is 24.9 Å². The van der Waals surface area contributed by atoms with Crippen molar-refractivity contribution in [3.8, 4) is 0 Å². The second kappa shape index (κ2) is 13.8. The van der Waals surface area contributed by atoms with E-state index in [9.17, 15) is 19.2 Å². The Morgan fingerprint density at radius 2 is 1.70 bits per heavy atom. The van der Waals surface area contributed by atoms with E-state index in [0.29, 0.717) is 24.9 Å². The molecule has 0 bridgehead atoms. The fourth-order valence-corrected chi connectivity index (χ4v) is 5.06. The van der Waals surface area contributed by atoms with Crippen molar-refractivity contribution < 1.29 is 28.7 Å². The van der Waals surface area contributed by atoms with Crippen LogP contribution in [0.3, 0.4) is 0 Å². The molecule has 3 atom stereocenters. The number of nitrogens with one attached hydrogen (secondary N) is 2. The lowest BCUT2D eigenvalue weighted by Gasteiger charge is -2.36. The first-order valence-corrected chi connectivity index (χ1v) is 14.5. The Hall–Kier alpha value is -4.55. The minimum atomic E-state index is -1.30. The standard InChI is InChI=1S/C32H40N6O6/c1-31(2,33)29(41)35-24(20-44-19-22-12-7-5-8-13-22)27(39)36-26-18-37(21-34-26)32(3,23-14-9-6-10-15-23)30(42)38-17-11-16-25(38)28(40)43-4/h5-10,12-15,18,21,24-25H,11,16-17,19-20,33H2,1-4H3,(H,35,41)(H,36,39). The number of hydrogen-bond donors (Lipinski definition) is 3. The van der Waals surface area contributed by atoms with Gasteiger partial charge in [0.2, 0.25) is 5.91 Å². The van der Waals surface area contributed by atoms with Crippen LogP contribution in [0.2, 0.25) is 0 Å². The lowest BCUT2D eigenvalue weighted by Crippen LogP contribution is -2.56. The fraction of sp³-hybridized carbons (Fsp3) is 0.406. The van der Waals surface area contributed by atoms with Gasteiger partial charge in [-0.2, -0.15) is 0 Å². The van der Waals surface area contributed by atoms with Gasteiger partial charge < -0.3 is 35.3 Å². The zero-order valence-electron chi connectivity index (χ0n) is 25.5. The van der Waals surface area contributed by atoms with Crippen LogP contribution in [0.25, 0.3) is 0 Å². The smallest absolute Gasteiger partial charge is 0.328 e. The van der Waals surface area contributed by atoms with Crippen LogP contribution in [0.4, 0.5) is 5.82 Å². The van der Waals surface area contributed by atoms with Crippen molar-refractivity contribution in [3.05, 3.63) is 84.3 Å². The van der Waals surface area contributed by atoms with Gasteiger partial charge in [-0.05, 0) is 44.7 Å². The van der Waals surface area contributed by atoms with Crippen molar-refractivity contribution in [2.75, 3.05) is 25.6 Å². The number of anilines is 1. The molecule has 3 aromatic rings. The summed E-state index contributed by atoms with van der Waals surface area (Å²) in [6.45, 7) is 5.34. The third kappa shape index (κ3) is 7.32. The van der Waals surface area contributed by atoms with Gasteiger partial charge in [0.05, 0.1) is 32.2 Å². The highest BCUT2D eigenvalue weighted by Crippen LogP contribution is 2.33. The van der Waals surface area contributed by atoms with Crippen molar-refractivity contribution in [2.24, 2.45) is 5.73 Å². The first kappa shape index (κ1) is 32.4. The number of methoxy groups -OCH3 is 1. The summed E-state index contributed by atoms with van der Waals surface area (Å²) in [5.74, 6) is -1.71. The number of hydrogen-bond acceptors (Lipinski definition) is 8. The van der Waals surface area contributed by atoms with Crippen LogP contribution in [-0.4, -0.2) is 76.0 Å². The lowest BCUT2D eigenvalue weighted by molar-refractivity contribution is -0.153. The molecule has 1 aromatic heterocycles. The normalized spacial score (nSPS) is 16.9. The van der Waals surface area contributed by atoms with Gasteiger partial charge in [-0.25, -0.2) is 9.78 Å². The number of likely N-dealkylation sites (tertiary alicyclic amines) is 1. The van der Waals surface area contributed by atoms with Crippen LogP contribution in [0.5, 0.6) is 0 Å². The molecule has 3 unspecified atom stereocenters. The molecule has 0 aliphatic carbocycles. The van der Waals surface area contributed by atoms with Gasteiger partial charge in [0, 0.05) is 12.7 Å². The van der Waals surface area contributed by atoms with Crippen LogP contribution in [0.1, 0.15) is 44.7 Å². The number of benzene rings is 2. The molecule has 4 N–H and O–H groups in total. The van der Waals surface area contributed by atoms with Gasteiger partial charge in [-0.3, -0.25) is 14.4 Å². The van der Waals surface area contributed by atoms with Crippen molar-refractivity contribution >= 4 is 29.5 Å². The van der Waals surface area contributed by atoms with Gasteiger partial charge >= 0.3 is 5.97 Å². The van der Waals surface area contributed by atoms with E-state index in [4.69, 9.17) is 15.2 Å². The Kier molecular flexibility index (Phi) is 10.2.